The molecule has 3 rings (SSSR count). The summed E-state index contributed by atoms with van der Waals surface area (Å²) in [6.07, 6.45) is 5.62. The highest BCUT2D eigenvalue weighted by Gasteiger charge is 2.20. The third-order valence-electron chi connectivity index (χ3n) is 3.59. The summed E-state index contributed by atoms with van der Waals surface area (Å²) in [4.78, 5) is 4.18. The van der Waals surface area contributed by atoms with Crippen molar-refractivity contribution in [2.45, 2.75) is 18.8 Å². The van der Waals surface area contributed by atoms with E-state index in [1.54, 1.807) is 18.5 Å². The van der Waals surface area contributed by atoms with Gasteiger partial charge in [0.15, 0.2) is 0 Å². The lowest BCUT2D eigenvalue weighted by molar-refractivity contribution is 0.448. The van der Waals surface area contributed by atoms with Crippen LogP contribution < -0.4 is 5.32 Å². The number of imidazole rings is 1. The Labute approximate surface area is 116 Å². The van der Waals surface area contributed by atoms with Crippen molar-refractivity contribution in [1.82, 2.24) is 14.9 Å². The van der Waals surface area contributed by atoms with Crippen LogP contribution in [0.25, 0.3) is 5.69 Å². The highest BCUT2D eigenvalue weighted by Crippen LogP contribution is 2.28. The maximum absolute atomic E-state index is 14.0. The zero-order valence-corrected chi connectivity index (χ0v) is 11.2. The topological polar surface area (TPSA) is 29.9 Å². The van der Waals surface area contributed by atoms with Crippen LogP contribution in [0.2, 0.25) is 5.02 Å². The summed E-state index contributed by atoms with van der Waals surface area (Å²) in [6.45, 7) is 2.00. The van der Waals surface area contributed by atoms with E-state index in [1.807, 2.05) is 10.8 Å². The largest absolute Gasteiger partial charge is 0.317 e. The van der Waals surface area contributed by atoms with Crippen molar-refractivity contribution < 1.29 is 4.39 Å². The van der Waals surface area contributed by atoms with Crippen molar-refractivity contribution in [3.63, 3.8) is 0 Å². The number of hydrogen-bond donors (Lipinski definition) is 1. The number of hydrogen-bond acceptors (Lipinski definition) is 2. The molecule has 0 aliphatic carbocycles. The van der Waals surface area contributed by atoms with Crippen LogP contribution in [0.4, 0.5) is 4.39 Å². The van der Waals surface area contributed by atoms with Gasteiger partial charge in [0, 0.05) is 22.8 Å². The lowest BCUT2D eigenvalue weighted by atomic mass is 9.95. The molecule has 5 heteroatoms. The fraction of sp³-hybridized carbons (Fsp3) is 0.357. The van der Waals surface area contributed by atoms with Crippen LogP contribution in [0.15, 0.2) is 30.7 Å². The Bertz CT molecular complexity index is 576. The second-order valence-corrected chi connectivity index (χ2v) is 5.24. The second kappa shape index (κ2) is 5.31. The van der Waals surface area contributed by atoms with E-state index in [0.29, 0.717) is 16.6 Å². The molecule has 0 bridgehead atoms. The second-order valence-electron chi connectivity index (χ2n) is 4.81. The van der Waals surface area contributed by atoms with E-state index in [1.165, 1.54) is 6.07 Å². The van der Waals surface area contributed by atoms with Crippen molar-refractivity contribution in [2.24, 2.45) is 0 Å². The first kappa shape index (κ1) is 12.6. The summed E-state index contributed by atoms with van der Waals surface area (Å²) in [5, 5.41) is 3.74. The van der Waals surface area contributed by atoms with E-state index in [9.17, 15) is 4.39 Å². The standard InChI is InChI=1S/C14H15ClFN3/c15-11-1-2-13(12(16)7-11)19-9-18-8-14(19)10-3-5-17-6-4-10/h1-2,7-10,17H,3-6H2. The average molecular weight is 280 g/mol. The summed E-state index contributed by atoms with van der Waals surface area (Å²) in [5.74, 6) is 0.111. The Morgan fingerprint density at radius 1 is 1.32 bits per heavy atom. The van der Waals surface area contributed by atoms with Crippen LogP contribution >= 0.6 is 11.6 Å². The molecule has 0 amide bonds. The summed E-state index contributed by atoms with van der Waals surface area (Å²) >= 11 is 5.79. The van der Waals surface area contributed by atoms with Crippen molar-refractivity contribution in [1.29, 1.82) is 0 Å². The van der Waals surface area contributed by atoms with Gasteiger partial charge >= 0.3 is 0 Å². The molecule has 1 N–H and O–H groups in total. The summed E-state index contributed by atoms with van der Waals surface area (Å²) in [7, 11) is 0. The number of nitrogens with one attached hydrogen (secondary N) is 1. The third-order valence-corrected chi connectivity index (χ3v) is 3.83. The first-order valence-corrected chi connectivity index (χ1v) is 6.82. The molecule has 19 heavy (non-hydrogen) atoms. The highest BCUT2D eigenvalue weighted by molar-refractivity contribution is 6.30. The van der Waals surface area contributed by atoms with Gasteiger partial charge in [-0.05, 0) is 44.1 Å². The summed E-state index contributed by atoms with van der Waals surface area (Å²) in [6, 6.07) is 4.74. The quantitative estimate of drug-likeness (QED) is 0.915. The van der Waals surface area contributed by atoms with E-state index in [2.05, 4.69) is 10.3 Å². The number of rotatable bonds is 2. The molecular formula is C14H15ClFN3. The number of piperidine rings is 1. The Kier molecular flexibility index (Phi) is 3.53. The molecule has 1 saturated heterocycles. The molecule has 2 heterocycles. The van der Waals surface area contributed by atoms with Crippen LogP contribution in [0.1, 0.15) is 24.5 Å². The Hall–Kier alpha value is -1.39. The van der Waals surface area contributed by atoms with E-state index in [0.717, 1.165) is 31.6 Å². The van der Waals surface area contributed by atoms with Gasteiger partial charge in [0.2, 0.25) is 0 Å². The molecule has 1 aliphatic rings. The van der Waals surface area contributed by atoms with Gasteiger partial charge in [-0.1, -0.05) is 11.6 Å². The van der Waals surface area contributed by atoms with E-state index in [4.69, 9.17) is 11.6 Å². The number of halogens is 2. The Balaban J connectivity index is 1.99. The molecule has 1 aromatic carbocycles. The van der Waals surface area contributed by atoms with Gasteiger partial charge in [0.05, 0.1) is 12.0 Å². The van der Waals surface area contributed by atoms with Crippen molar-refractivity contribution >= 4 is 11.6 Å². The van der Waals surface area contributed by atoms with E-state index >= 15 is 0 Å². The maximum Gasteiger partial charge on any atom is 0.148 e. The molecule has 100 valence electrons. The zero-order chi connectivity index (χ0) is 13.2. The highest BCUT2D eigenvalue weighted by atomic mass is 35.5. The first-order valence-electron chi connectivity index (χ1n) is 6.44. The van der Waals surface area contributed by atoms with E-state index in [-0.39, 0.29) is 5.82 Å². The number of benzene rings is 1. The number of nitrogens with zero attached hydrogens (tertiary/aromatic N) is 2. The predicted octanol–water partition coefficient (Wildman–Crippen LogP) is 3.13. The molecule has 0 saturated carbocycles. The predicted molar refractivity (Wildman–Crippen MR) is 73.4 cm³/mol. The molecule has 0 unspecified atom stereocenters. The Morgan fingerprint density at radius 3 is 2.84 bits per heavy atom. The number of aromatic nitrogens is 2. The average Bonchev–Trinajstić information content (AvgIpc) is 2.89. The van der Waals surface area contributed by atoms with Crippen LogP contribution in [0.3, 0.4) is 0 Å². The molecule has 0 atom stereocenters. The molecular weight excluding hydrogens is 265 g/mol. The van der Waals surface area contributed by atoms with Crippen LogP contribution in [-0.2, 0) is 0 Å². The zero-order valence-electron chi connectivity index (χ0n) is 10.4. The van der Waals surface area contributed by atoms with Crippen LogP contribution in [0.5, 0.6) is 0 Å². The SMILES string of the molecule is Fc1cc(Cl)ccc1-n1cncc1C1CCNCC1. The summed E-state index contributed by atoms with van der Waals surface area (Å²) < 4.78 is 15.9. The van der Waals surface area contributed by atoms with Gasteiger partial charge in [-0.3, -0.25) is 0 Å². The maximum atomic E-state index is 14.0. The molecule has 2 aromatic rings. The van der Waals surface area contributed by atoms with E-state index < -0.39 is 0 Å². The van der Waals surface area contributed by atoms with Gasteiger partial charge < -0.3 is 9.88 Å². The van der Waals surface area contributed by atoms with Crippen molar-refractivity contribution in [3.8, 4) is 5.69 Å². The Morgan fingerprint density at radius 2 is 2.11 bits per heavy atom. The van der Waals surface area contributed by atoms with Gasteiger partial charge in [0.1, 0.15) is 5.82 Å². The molecule has 1 fully saturated rings. The van der Waals surface area contributed by atoms with Crippen LogP contribution in [-0.4, -0.2) is 22.6 Å². The molecule has 3 nitrogen and oxygen atoms in total. The molecule has 1 aliphatic heterocycles. The molecule has 0 spiro atoms. The minimum absolute atomic E-state index is 0.319. The first-order chi connectivity index (χ1) is 9.25. The summed E-state index contributed by atoms with van der Waals surface area (Å²) in [5.41, 5.74) is 1.58. The van der Waals surface area contributed by atoms with Gasteiger partial charge in [-0.2, -0.15) is 0 Å². The normalized spacial score (nSPS) is 16.7. The van der Waals surface area contributed by atoms with Gasteiger partial charge in [-0.25, -0.2) is 9.37 Å². The lowest BCUT2D eigenvalue weighted by Gasteiger charge is -2.23. The minimum Gasteiger partial charge on any atom is -0.317 e. The molecule has 0 radical (unpaired) electrons. The fourth-order valence-corrected chi connectivity index (χ4v) is 2.76. The minimum atomic E-state index is -0.319. The smallest absolute Gasteiger partial charge is 0.148 e. The van der Waals surface area contributed by atoms with Crippen molar-refractivity contribution in [2.75, 3.05) is 13.1 Å². The van der Waals surface area contributed by atoms with Crippen LogP contribution in [0, 0.1) is 5.82 Å². The van der Waals surface area contributed by atoms with Gasteiger partial charge in [-0.15, -0.1) is 0 Å². The van der Waals surface area contributed by atoms with Gasteiger partial charge in [0.25, 0.3) is 0 Å². The monoisotopic (exact) mass is 279 g/mol. The third kappa shape index (κ3) is 2.51. The molecule has 1 aromatic heterocycles. The fourth-order valence-electron chi connectivity index (χ4n) is 2.60. The lowest BCUT2D eigenvalue weighted by Crippen LogP contribution is -2.27. The van der Waals surface area contributed by atoms with Crippen molar-refractivity contribution in [3.05, 3.63) is 47.3 Å².